The topological polar surface area (TPSA) is 86.7 Å². The number of nitrogens with two attached hydrogens (primary N) is 1. The summed E-state index contributed by atoms with van der Waals surface area (Å²) < 4.78 is 1.61. The highest BCUT2D eigenvalue weighted by Gasteiger charge is 2.19. The number of carbonyl (C=O) groups is 1. The van der Waals surface area contributed by atoms with Crippen LogP contribution >= 0.6 is 11.6 Å². The number of hydrogen-bond donors (Lipinski definition) is 1. The fourth-order valence-electron chi connectivity index (χ4n) is 2.43. The molecule has 3 aromatic heterocycles. The molecule has 0 fully saturated rings. The van der Waals surface area contributed by atoms with Crippen LogP contribution in [-0.4, -0.2) is 25.4 Å². The fraction of sp³-hybridized carbons (Fsp3) is 0.158. The Labute approximate surface area is 156 Å². The maximum absolute atomic E-state index is 11.8. The number of carbonyl (C=O) groups excluding carboxylic acids is 1. The summed E-state index contributed by atoms with van der Waals surface area (Å²) in [6.45, 7) is 5.60. The monoisotopic (exact) mass is 365 g/mol. The average Bonchev–Trinajstić information content (AvgIpc) is 2.94. The Morgan fingerprint density at radius 1 is 1.15 bits per heavy atom. The molecule has 0 spiro atoms. The summed E-state index contributed by atoms with van der Waals surface area (Å²) in [7, 11) is 0. The second kappa shape index (κ2) is 6.98. The van der Waals surface area contributed by atoms with Crippen LogP contribution in [-0.2, 0) is 0 Å². The lowest BCUT2D eigenvalue weighted by atomic mass is 10.1. The molecule has 3 aromatic rings. The van der Waals surface area contributed by atoms with E-state index in [0.717, 1.165) is 16.7 Å². The van der Waals surface area contributed by atoms with Crippen LogP contribution in [0.5, 0.6) is 0 Å². The molecule has 7 heteroatoms. The van der Waals surface area contributed by atoms with Crippen molar-refractivity contribution in [2.75, 3.05) is 0 Å². The maximum atomic E-state index is 11.8. The number of aryl methyl sites for hydroxylation is 1. The van der Waals surface area contributed by atoms with E-state index in [-0.39, 0.29) is 5.82 Å². The molecule has 6 nitrogen and oxygen atoms in total. The van der Waals surface area contributed by atoms with Crippen molar-refractivity contribution >= 4 is 17.5 Å². The second-order valence-corrected chi connectivity index (χ2v) is 6.15. The van der Waals surface area contributed by atoms with E-state index < -0.39 is 5.91 Å². The predicted molar refractivity (Wildman–Crippen MR) is 99.3 cm³/mol. The number of imidazole rings is 1. The van der Waals surface area contributed by atoms with E-state index in [4.69, 9.17) is 17.3 Å². The van der Waals surface area contributed by atoms with Gasteiger partial charge >= 0.3 is 0 Å². The van der Waals surface area contributed by atoms with Crippen LogP contribution in [0.15, 0.2) is 30.6 Å². The van der Waals surface area contributed by atoms with Gasteiger partial charge in [0.15, 0.2) is 0 Å². The van der Waals surface area contributed by atoms with Crippen molar-refractivity contribution in [3.63, 3.8) is 0 Å². The molecule has 3 rings (SSSR count). The van der Waals surface area contributed by atoms with Gasteiger partial charge in [0, 0.05) is 23.5 Å². The molecule has 2 N–H and O–H groups in total. The van der Waals surface area contributed by atoms with Gasteiger partial charge in [0.1, 0.15) is 16.7 Å². The van der Waals surface area contributed by atoms with Crippen LogP contribution in [0.2, 0.25) is 5.15 Å². The first kappa shape index (κ1) is 17.6. The number of primary amides is 1. The molecule has 0 aliphatic rings. The summed E-state index contributed by atoms with van der Waals surface area (Å²) >= 11 is 6.02. The molecule has 0 saturated heterocycles. The summed E-state index contributed by atoms with van der Waals surface area (Å²) in [5.41, 5.74) is 9.17. The Bertz CT molecular complexity index is 1060. The van der Waals surface area contributed by atoms with Gasteiger partial charge in [-0.05, 0) is 44.4 Å². The maximum Gasteiger partial charge on any atom is 0.285 e. The summed E-state index contributed by atoms with van der Waals surface area (Å²) in [6.07, 6.45) is 3.31. The van der Waals surface area contributed by atoms with E-state index in [2.05, 4.69) is 26.8 Å². The Morgan fingerprint density at radius 2 is 1.92 bits per heavy atom. The number of pyridine rings is 2. The summed E-state index contributed by atoms with van der Waals surface area (Å²) in [4.78, 5) is 24.5. The number of aromatic nitrogens is 4. The molecule has 1 amide bonds. The Balaban J connectivity index is 2.12. The van der Waals surface area contributed by atoms with Gasteiger partial charge in [0.2, 0.25) is 5.82 Å². The minimum Gasteiger partial charge on any atom is -0.363 e. The van der Waals surface area contributed by atoms with Crippen LogP contribution in [0.4, 0.5) is 0 Å². The van der Waals surface area contributed by atoms with Crippen molar-refractivity contribution < 1.29 is 4.79 Å². The molecule has 0 aliphatic carbocycles. The number of nitrogens with zero attached hydrogens (tertiary/aromatic N) is 4. The number of hydrogen-bond acceptors (Lipinski definition) is 4. The van der Waals surface area contributed by atoms with Crippen molar-refractivity contribution in [2.45, 2.75) is 20.8 Å². The average molecular weight is 366 g/mol. The SMILES string of the molecule is Cc1ccc(-n2c(C(N)=O)nc(C#Cc3ccnc(Cl)c3C)c2C)nc1. The van der Waals surface area contributed by atoms with Crippen LogP contribution in [0.3, 0.4) is 0 Å². The standard InChI is InChI=1S/C19H16ClN5O/c1-11-4-7-16(23-10-11)25-13(3)15(24-19(25)18(21)26)6-5-14-8-9-22-17(20)12(14)2/h4,7-10H,1-3H3,(H2,21,26). The van der Waals surface area contributed by atoms with E-state index in [0.29, 0.717) is 22.4 Å². The Kier molecular flexibility index (Phi) is 4.74. The number of amides is 1. The van der Waals surface area contributed by atoms with E-state index in [1.165, 1.54) is 0 Å². The van der Waals surface area contributed by atoms with E-state index in [9.17, 15) is 4.79 Å². The van der Waals surface area contributed by atoms with Gasteiger partial charge in [0.05, 0.1) is 5.69 Å². The predicted octanol–water partition coefficient (Wildman–Crippen LogP) is 2.74. The first-order valence-corrected chi connectivity index (χ1v) is 8.21. The molecule has 0 unspecified atom stereocenters. The quantitative estimate of drug-likeness (QED) is 0.558. The van der Waals surface area contributed by atoms with E-state index >= 15 is 0 Å². The third-order valence-corrected chi connectivity index (χ3v) is 4.29. The number of halogens is 1. The van der Waals surface area contributed by atoms with Gasteiger partial charge in [-0.3, -0.25) is 9.36 Å². The van der Waals surface area contributed by atoms with Gasteiger partial charge in [-0.2, -0.15) is 0 Å². The Hall–Kier alpha value is -3.17. The first-order chi connectivity index (χ1) is 12.4. The number of rotatable bonds is 2. The van der Waals surface area contributed by atoms with Crippen LogP contribution in [0.1, 0.15) is 38.7 Å². The highest BCUT2D eigenvalue weighted by atomic mass is 35.5. The van der Waals surface area contributed by atoms with Gasteiger partial charge in [0.25, 0.3) is 5.91 Å². The van der Waals surface area contributed by atoms with E-state index in [1.807, 2.05) is 26.8 Å². The van der Waals surface area contributed by atoms with Gasteiger partial charge in [-0.25, -0.2) is 15.0 Å². The largest absolute Gasteiger partial charge is 0.363 e. The summed E-state index contributed by atoms with van der Waals surface area (Å²) in [5, 5.41) is 0.403. The molecule has 0 saturated carbocycles. The molecular weight excluding hydrogens is 350 g/mol. The van der Waals surface area contributed by atoms with Crippen molar-refractivity contribution in [1.82, 2.24) is 19.5 Å². The van der Waals surface area contributed by atoms with Gasteiger partial charge < -0.3 is 5.73 Å². The summed E-state index contributed by atoms with van der Waals surface area (Å²) in [6, 6.07) is 5.48. The normalized spacial score (nSPS) is 10.3. The van der Waals surface area contributed by atoms with Crippen LogP contribution in [0.25, 0.3) is 5.82 Å². The van der Waals surface area contributed by atoms with Crippen LogP contribution < -0.4 is 5.73 Å². The molecule has 26 heavy (non-hydrogen) atoms. The van der Waals surface area contributed by atoms with Crippen molar-refractivity contribution in [3.05, 3.63) is 69.6 Å². The lowest BCUT2D eigenvalue weighted by Crippen LogP contribution is -2.18. The molecule has 0 radical (unpaired) electrons. The summed E-state index contributed by atoms with van der Waals surface area (Å²) in [5.74, 6) is 6.02. The third kappa shape index (κ3) is 3.30. The van der Waals surface area contributed by atoms with Crippen molar-refractivity contribution in [3.8, 4) is 17.7 Å². The minimum atomic E-state index is -0.647. The molecule has 3 heterocycles. The second-order valence-electron chi connectivity index (χ2n) is 5.79. The van der Waals surface area contributed by atoms with Crippen molar-refractivity contribution in [2.24, 2.45) is 5.73 Å². The third-order valence-electron chi connectivity index (χ3n) is 3.91. The zero-order valence-electron chi connectivity index (χ0n) is 14.5. The van der Waals surface area contributed by atoms with Crippen LogP contribution in [0, 0.1) is 32.6 Å². The Morgan fingerprint density at radius 3 is 2.58 bits per heavy atom. The molecule has 130 valence electrons. The minimum absolute atomic E-state index is 0.0904. The smallest absolute Gasteiger partial charge is 0.285 e. The fourth-order valence-corrected chi connectivity index (χ4v) is 2.59. The molecule has 0 aliphatic heterocycles. The van der Waals surface area contributed by atoms with Crippen molar-refractivity contribution in [1.29, 1.82) is 0 Å². The lowest BCUT2D eigenvalue weighted by molar-refractivity contribution is 0.0988. The lowest BCUT2D eigenvalue weighted by Gasteiger charge is -2.07. The molecule has 0 bridgehead atoms. The van der Waals surface area contributed by atoms with E-state index in [1.54, 1.807) is 29.1 Å². The zero-order chi connectivity index (χ0) is 18.8. The molecule has 0 atom stereocenters. The highest BCUT2D eigenvalue weighted by molar-refractivity contribution is 6.30. The molecular formula is C19H16ClN5O. The van der Waals surface area contributed by atoms with Gasteiger partial charge in [-0.15, -0.1) is 0 Å². The molecule has 0 aromatic carbocycles. The highest BCUT2D eigenvalue weighted by Crippen LogP contribution is 2.18. The van der Waals surface area contributed by atoms with Gasteiger partial charge in [-0.1, -0.05) is 23.6 Å². The zero-order valence-corrected chi connectivity index (χ0v) is 15.3. The first-order valence-electron chi connectivity index (χ1n) is 7.83.